The van der Waals surface area contributed by atoms with Crippen LogP contribution in [-0.4, -0.2) is 47.4 Å². The van der Waals surface area contributed by atoms with Gasteiger partial charge >= 0.3 is 0 Å². The summed E-state index contributed by atoms with van der Waals surface area (Å²) >= 11 is 1.57. The number of amides is 1. The van der Waals surface area contributed by atoms with Crippen molar-refractivity contribution in [1.82, 2.24) is 20.5 Å². The topological polar surface area (TPSA) is 83.1 Å². The molecule has 7 nitrogen and oxygen atoms in total. The van der Waals surface area contributed by atoms with Crippen LogP contribution in [0.15, 0.2) is 60.0 Å². The van der Waals surface area contributed by atoms with Gasteiger partial charge in [0.05, 0.1) is 13.2 Å². The van der Waals surface area contributed by atoms with E-state index in [0.717, 1.165) is 48.3 Å². The first kappa shape index (κ1) is 19.5. The van der Waals surface area contributed by atoms with Crippen LogP contribution < -0.4 is 10.2 Å². The van der Waals surface area contributed by atoms with Crippen LogP contribution in [0.4, 0.5) is 5.69 Å². The Morgan fingerprint density at radius 1 is 1.07 bits per heavy atom. The summed E-state index contributed by atoms with van der Waals surface area (Å²) in [4.78, 5) is 18.8. The van der Waals surface area contributed by atoms with Crippen LogP contribution in [0.5, 0.6) is 0 Å². The van der Waals surface area contributed by atoms with E-state index in [1.54, 1.807) is 11.8 Å². The van der Waals surface area contributed by atoms with Gasteiger partial charge in [0.15, 0.2) is 5.16 Å². The van der Waals surface area contributed by atoms with Gasteiger partial charge in [0.1, 0.15) is 6.33 Å². The fourth-order valence-electron chi connectivity index (χ4n) is 3.10. The van der Waals surface area contributed by atoms with Crippen LogP contribution in [0.3, 0.4) is 0 Å². The second-order valence-electron chi connectivity index (χ2n) is 6.72. The van der Waals surface area contributed by atoms with Gasteiger partial charge in [-0.25, -0.2) is 4.98 Å². The van der Waals surface area contributed by atoms with E-state index >= 15 is 0 Å². The number of benzene rings is 2. The average Bonchev–Trinajstić information content (AvgIpc) is 3.31. The first-order chi connectivity index (χ1) is 14.3. The number of nitrogens with one attached hydrogen (secondary N) is 2. The summed E-state index contributed by atoms with van der Waals surface area (Å²) in [6.45, 7) is 3.89. The van der Waals surface area contributed by atoms with Gasteiger partial charge in [-0.05, 0) is 35.4 Å². The number of aromatic nitrogens is 3. The minimum absolute atomic E-state index is 0.0725. The van der Waals surface area contributed by atoms with E-state index < -0.39 is 0 Å². The highest BCUT2D eigenvalue weighted by Crippen LogP contribution is 2.19. The quantitative estimate of drug-likeness (QED) is 0.584. The van der Waals surface area contributed by atoms with Crippen molar-refractivity contribution in [2.24, 2.45) is 0 Å². The van der Waals surface area contributed by atoms with Crippen molar-refractivity contribution in [2.45, 2.75) is 17.5 Å². The molecule has 4 rings (SSSR count). The molecule has 0 bridgehead atoms. The predicted octanol–water partition coefficient (Wildman–Crippen LogP) is 2.86. The average molecular weight is 410 g/mol. The van der Waals surface area contributed by atoms with Crippen LogP contribution in [0.2, 0.25) is 0 Å². The molecule has 1 saturated heterocycles. The Morgan fingerprint density at radius 3 is 2.48 bits per heavy atom. The van der Waals surface area contributed by atoms with Gasteiger partial charge in [-0.3, -0.25) is 9.89 Å². The molecular formula is C21H23N5O2S. The summed E-state index contributed by atoms with van der Waals surface area (Å²) in [5.74, 6) is 0.698. The van der Waals surface area contributed by atoms with Gasteiger partial charge in [-0.15, -0.1) is 0 Å². The lowest BCUT2D eigenvalue weighted by atomic mass is 10.1. The maximum atomic E-state index is 12.4. The Kier molecular flexibility index (Phi) is 6.43. The van der Waals surface area contributed by atoms with Gasteiger partial charge in [-0.1, -0.05) is 36.0 Å². The van der Waals surface area contributed by atoms with Gasteiger partial charge in [-0.2, -0.15) is 5.10 Å². The van der Waals surface area contributed by atoms with E-state index in [9.17, 15) is 4.79 Å². The van der Waals surface area contributed by atoms with Crippen molar-refractivity contribution in [2.75, 3.05) is 31.2 Å². The predicted molar refractivity (Wildman–Crippen MR) is 113 cm³/mol. The van der Waals surface area contributed by atoms with Gasteiger partial charge in [0, 0.05) is 36.6 Å². The molecule has 8 heteroatoms. The molecule has 1 fully saturated rings. The maximum Gasteiger partial charge on any atom is 0.251 e. The Hall–Kier alpha value is -2.84. The number of thioether (sulfide) groups is 1. The summed E-state index contributed by atoms with van der Waals surface area (Å²) in [6, 6.07) is 16.0. The fourth-order valence-corrected chi connectivity index (χ4v) is 3.83. The van der Waals surface area contributed by atoms with Crippen molar-refractivity contribution >= 4 is 23.4 Å². The van der Waals surface area contributed by atoms with E-state index in [1.165, 1.54) is 12.0 Å². The highest BCUT2D eigenvalue weighted by Gasteiger charge is 2.11. The van der Waals surface area contributed by atoms with Crippen molar-refractivity contribution in [1.29, 1.82) is 0 Å². The molecule has 0 saturated carbocycles. The van der Waals surface area contributed by atoms with Crippen LogP contribution in [0.1, 0.15) is 21.5 Å². The van der Waals surface area contributed by atoms with Crippen molar-refractivity contribution in [3.05, 3.63) is 71.5 Å². The maximum absolute atomic E-state index is 12.4. The lowest BCUT2D eigenvalue weighted by molar-refractivity contribution is 0.0951. The SMILES string of the molecule is O=C(NCc1ccc(N2CCOCC2)cc1)c1ccc(CSc2ncn[nH]2)cc1. The third kappa shape index (κ3) is 5.36. The minimum atomic E-state index is -0.0725. The zero-order valence-electron chi connectivity index (χ0n) is 16.0. The lowest BCUT2D eigenvalue weighted by Gasteiger charge is -2.28. The van der Waals surface area contributed by atoms with Crippen LogP contribution in [0, 0.1) is 0 Å². The lowest BCUT2D eigenvalue weighted by Crippen LogP contribution is -2.36. The summed E-state index contributed by atoms with van der Waals surface area (Å²) in [6.07, 6.45) is 1.49. The van der Waals surface area contributed by atoms with E-state index in [1.807, 2.05) is 24.3 Å². The molecule has 1 aliphatic rings. The highest BCUT2D eigenvalue weighted by atomic mass is 32.2. The molecule has 1 aliphatic heterocycles. The fraction of sp³-hybridized carbons (Fsp3) is 0.286. The van der Waals surface area contributed by atoms with E-state index in [0.29, 0.717) is 12.1 Å². The van der Waals surface area contributed by atoms with Crippen molar-refractivity contribution < 1.29 is 9.53 Å². The van der Waals surface area contributed by atoms with Crippen LogP contribution >= 0.6 is 11.8 Å². The number of anilines is 1. The normalized spacial score (nSPS) is 14.0. The van der Waals surface area contributed by atoms with Crippen molar-refractivity contribution in [3.8, 4) is 0 Å². The third-order valence-electron chi connectivity index (χ3n) is 4.75. The molecule has 0 spiro atoms. The molecule has 1 amide bonds. The second kappa shape index (κ2) is 9.58. The first-order valence-electron chi connectivity index (χ1n) is 9.55. The molecule has 0 unspecified atom stereocenters. The third-order valence-corrected chi connectivity index (χ3v) is 5.70. The number of aromatic amines is 1. The highest BCUT2D eigenvalue weighted by molar-refractivity contribution is 7.98. The standard InChI is InChI=1S/C21H23N5O2S/c27-20(18-5-1-17(2-6-18)14-29-21-23-15-24-25-21)22-13-16-3-7-19(8-4-16)26-9-11-28-12-10-26/h1-8,15H,9-14H2,(H,22,27)(H,23,24,25). The zero-order chi connectivity index (χ0) is 19.9. The Labute approximate surface area is 173 Å². The largest absolute Gasteiger partial charge is 0.378 e. The zero-order valence-corrected chi connectivity index (χ0v) is 16.8. The molecule has 0 radical (unpaired) electrons. The number of rotatable bonds is 7. The summed E-state index contributed by atoms with van der Waals surface area (Å²) in [5, 5.41) is 10.4. The van der Waals surface area contributed by atoms with E-state index in [4.69, 9.17) is 4.74 Å². The molecule has 2 heterocycles. The molecule has 0 aliphatic carbocycles. The molecule has 3 aromatic rings. The number of morpholine rings is 1. The first-order valence-corrected chi connectivity index (χ1v) is 10.5. The summed E-state index contributed by atoms with van der Waals surface area (Å²) < 4.78 is 5.39. The number of carbonyl (C=O) groups excluding carboxylic acids is 1. The molecule has 2 aromatic carbocycles. The number of carbonyl (C=O) groups is 1. The summed E-state index contributed by atoms with van der Waals surface area (Å²) in [7, 11) is 0. The van der Waals surface area contributed by atoms with Gasteiger partial charge < -0.3 is 15.0 Å². The van der Waals surface area contributed by atoms with Crippen molar-refractivity contribution in [3.63, 3.8) is 0 Å². The Morgan fingerprint density at radius 2 is 1.79 bits per heavy atom. The van der Waals surface area contributed by atoms with Crippen LogP contribution in [0.25, 0.3) is 0 Å². The number of ether oxygens (including phenoxy) is 1. The number of H-pyrrole nitrogens is 1. The molecule has 1 aromatic heterocycles. The second-order valence-corrected chi connectivity index (χ2v) is 7.69. The molecule has 29 heavy (non-hydrogen) atoms. The monoisotopic (exact) mass is 409 g/mol. The Bertz CT molecular complexity index is 907. The molecule has 0 atom stereocenters. The van der Waals surface area contributed by atoms with E-state index in [-0.39, 0.29) is 5.91 Å². The van der Waals surface area contributed by atoms with Gasteiger partial charge in [0.2, 0.25) is 0 Å². The number of hydrogen-bond acceptors (Lipinski definition) is 6. The minimum Gasteiger partial charge on any atom is -0.378 e. The molecule has 2 N–H and O–H groups in total. The molecular weight excluding hydrogens is 386 g/mol. The number of hydrogen-bond donors (Lipinski definition) is 2. The number of nitrogens with zero attached hydrogens (tertiary/aromatic N) is 3. The van der Waals surface area contributed by atoms with E-state index in [2.05, 4.69) is 49.7 Å². The molecule has 150 valence electrons. The van der Waals surface area contributed by atoms with Crippen LogP contribution in [-0.2, 0) is 17.0 Å². The van der Waals surface area contributed by atoms with Gasteiger partial charge in [0.25, 0.3) is 5.91 Å². The summed E-state index contributed by atoms with van der Waals surface area (Å²) in [5.41, 5.74) is 4.06. The smallest absolute Gasteiger partial charge is 0.251 e. The Balaban J connectivity index is 1.26.